The molecular formula is C19H19N3O5. The van der Waals surface area contributed by atoms with E-state index in [-0.39, 0.29) is 18.4 Å². The number of furan rings is 1. The molecule has 0 bridgehead atoms. The normalized spacial score (nSPS) is 13.8. The number of nitriles is 1. The third-order valence-corrected chi connectivity index (χ3v) is 4.30. The van der Waals surface area contributed by atoms with Crippen LogP contribution in [0.25, 0.3) is 0 Å². The summed E-state index contributed by atoms with van der Waals surface area (Å²) < 4.78 is 15.9. The van der Waals surface area contributed by atoms with Crippen LogP contribution < -0.4 is 9.47 Å². The summed E-state index contributed by atoms with van der Waals surface area (Å²) in [6, 6.07) is 10.1. The molecule has 0 spiro atoms. The van der Waals surface area contributed by atoms with Crippen molar-refractivity contribution in [2.24, 2.45) is 0 Å². The summed E-state index contributed by atoms with van der Waals surface area (Å²) in [4.78, 5) is 27.9. The summed E-state index contributed by atoms with van der Waals surface area (Å²) >= 11 is 0. The second-order valence-electron chi connectivity index (χ2n) is 5.92. The number of piperazine rings is 1. The summed E-state index contributed by atoms with van der Waals surface area (Å²) in [6.45, 7) is 1.59. The number of rotatable bonds is 5. The van der Waals surface area contributed by atoms with Crippen LogP contribution in [0.2, 0.25) is 0 Å². The van der Waals surface area contributed by atoms with Crippen LogP contribution in [0.5, 0.6) is 11.5 Å². The van der Waals surface area contributed by atoms with E-state index in [4.69, 9.17) is 19.2 Å². The van der Waals surface area contributed by atoms with Gasteiger partial charge < -0.3 is 23.7 Å². The van der Waals surface area contributed by atoms with Gasteiger partial charge in [-0.1, -0.05) is 0 Å². The van der Waals surface area contributed by atoms with E-state index in [0.29, 0.717) is 49.0 Å². The van der Waals surface area contributed by atoms with Crippen LogP contribution in [0.4, 0.5) is 0 Å². The molecular weight excluding hydrogens is 350 g/mol. The molecule has 1 aromatic heterocycles. The monoisotopic (exact) mass is 369 g/mol. The Balaban J connectivity index is 1.51. The largest absolute Gasteiger partial charge is 0.493 e. The molecule has 1 aliphatic rings. The van der Waals surface area contributed by atoms with E-state index in [9.17, 15) is 9.59 Å². The van der Waals surface area contributed by atoms with Gasteiger partial charge in [0.15, 0.2) is 23.9 Å². The highest BCUT2D eigenvalue weighted by Gasteiger charge is 2.26. The number of carbonyl (C=O) groups is 2. The molecule has 0 radical (unpaired) electrons. The van der Waals surface area contributed by atoms with Gasteiger partial charge in [-0.25, -0.2) is 0 Å². The highest BCUT2D eigenvalue weighted by Crippen LogP contribution is 2.27. The summed E-state index contributed by atoms with van der Waals surface area (Å²) in [5.74, 6) is 0.746. The third-order valence-electron chi connectivity index (χ3n) is 4.30. The van der Waals surface area contributed by atoms with Crippen LogP contribution in [0, 0.1) is 11.3 Å². The van der Waals surface area contributed by atoms with Gasteiger partial charge in [0.2, 0.25) is 0 Å². The van der Waals surface area contributed by atoms with Gasteiger partial charge in [-0.15, -0.1) is 0 Å². The van der Waals surface area contributed by atoms with Gasteiger partial charge in [-0.05, 0) is 24.3 Å². The molecule has 1 fully saturated rings. The molecule has 1 aromatic carbocycles. The number of carbonyl (C=O) groups excluding carboxylic acids is 2. The summed E-state index contributed by atoms with van der Waals surface area (Å²) in [6.07, 6.45) is 1.46. The van der Waals surface area contributed by atoms with Gasteiger partial charge in [-0.2, -0.15) is 5.26 Å². The molecule has 27 heavy (non-hydrogen) atoms. The zero-order valence-corrected chi connectivity index (χ0v) is 14.9. The Hall–Kier alpha value is -3.47. The predicted molar refractivity (Wildman–Crippen MR) is 94.4 cm³/mol. The first kappa shape index (κ1) is 18.3. The van der Waals surface area contributed by atoms with Crippen molar-refractivity contribution < 1.29 is 23.5 Å². The van der Waals surface area contributed by atoms with E-state index >= 15 is 0 Å². The number of nitrogens with zero attached hydrogens (tertiary/aromatic N) is 3. The SMILES string of the molecule is COc1cc(C#N)ccc1OCC(=O)N1CCN(C(=O)c2ccco2)CC1. The van der Waals surface area contributed by atoms with Crippen LogP contribution >= 0.6 is 0 Å². The topological polar surface area (TPSA) is 96.0 Å². The molecule has 0 aliphatic carbocycles. The van der Waals surface area contributed by atoms with Gasteiger partial charge in [0, 0.05) is 32.2 Å². The maximum absolute atomic E-state index is 12.4. The lowest BCUT2D eigenvalue weighted by atomic mass is 10.2. The van der Waals surface area contributed by atoms with Crippen molar-refractivity contribution in [3.05, 3.63) is 47.9 Å². The van der Waals surface area contributed by atoms with Gasteiger partial charge in [-0.3, -0.25) is 9.59 Å². The fourth-order valence-electron chi connectivity index (χ4n) is 2.80. The summed E-state index contributed by atoms with van der Waals surface area (Å²) in [5, 5.41) is 8.92. The first-order valence-corrected chi connectivity index (χ1v) is 8.44. The second-order valence-corrected chi connectivity index (χ2v) is 5.92. The van der Waals surface area contributed by atoms with Crippen molar-refractivity contribution in [2.75, 3.05) is 39.9 Å². The van der Waals surface area contributed by atoms with Crippen molar-refractivity contribution in [3.8, 4) is 17.6 Å². The summed E-state index contributed by atoms with van der Waals surface area (Å²) in [5.41, 5.74) is 0.447. The molecule has 8 nitrogen and oxygen atoms in total. The number of amides is 2. The first-order valence-electron chi connectivity index (χ1n) is 8.44. The predicted octanol–water partition coefficient (Wildman–Crippen LogP) is 1.52. The van der Waals surface area contributed by atoms with Crippen LogP contribution in [-0.2, 0) is 4.79 Å². The van der Waals surface area contributed by atoms with Crippen LogP contribution in [0.3, 0.4) is 0 Å². The van der Waals surface area contributed by atoms with E-state index in [2.05, 4.69) is 0 Å². The minimum Gasteiger partial charge on any atom is -0.493 e. The smallest absolute Gasteiger partial charge is 0.289 e. The van der Waals surface area contributed by atoms with Gasteiger partial charge >= 0.3 is 0 Å². The third kappa shape index (κ3) is 4.20. The molecule has 1 aliphatic heterocycles. The first-order chi connectivity index (χ1) is 13.1. The van der Waals surface area contributed by atoms with E-state index in [1.165, 1.54) is 13.4 Å². The molecule has 1 saturated heterocycles. The fourth-order valence-corrected chi connectivity index (χ4v) is 2.80. The van der Waals surface area contributed by atoms with Crippen LogP contribution in [-0.4, -0.2) is 61.5 Å². The molecule has 2 aromatic rings. The Kier molecular flexibility index (Phi) is 5.61. The Morgan fingerprint density at radius 3 is 2.52 bits per heavy atom. The van der Waals surface area contributed by atoms with Crippen LogP contribution in [0.15, 0.2) is 41.0 Å². The van der Waals surface area contributed by atoms with Crippen molar-refractivity contribution in [3.63, 3.8) is 0 Å². The van der Waals surface area contributed by atoms with Crippen LogP contribution in [0.1, 0.15) is 16.1 Å². The Bertz CT molecular complexity index is 849. The van der Waals surface area contributed by atoms with Crippen molar-refractivity contribution in [1.82, 2.24) is 9.80 Å². The second kappa shape index (κ2) is 8.27. The number of hydrogen-bond acceptors (Lipinski definition) is 6. The van der Waals surface area contributed by atoms with Gasteiger partial charge in [0.25, 0.3) is 11.8 Å². The van der Waals surface area contributed by atoms with Gasteiger partial charge in [0.05, 0.1) is 25.0 Å². The average Bonchev–Trinajstić information content (AvgIpc) is 3.26. The van der Waals surface area contributed by atoms with E-state index in [0.717, 1.165) is 0 Å². The molecule has 2 heterocycles. The Labute approximate surface area is 156 Å². The lowest BCUT2D eigenvalue weighted by Crippen LogP contribution is -2.51. The molecule has 140 valence electrons. The van der Waals surface area contributed by atoms with E-state index < -0.39 is 0 Å². The Morgan fingerprint density at radius 2 is 1.89 bits per heavy atom. The summed E-state index contributed by atoms with van der Waals surface area (Å²) in [7, 11) is 1.47. The van der Waals surface area contributed by atoms with Crippen molar-refractivity contribution in [2.45, 2.75) is 0 Å². The highest BCUT2D eigenvalue weighted by molar-refractivity contribution is 5.91. The fraction of sp³-hybridized carbons (Fsp3) is 0.316. The molecule has 0 saturated carbocycles. The zero-order valence-electron chi connectivity index (χ0n) is 14.9. The number of ether oxygens (including phenoxy) is 2. The standard InChI is InChI=1S/C19H19N3O5/c1-25-17-11-14(12-20)4-5-15(17)27-13-18(23)21-6-8-22(9-7-21)19(24)16-3-2-10-26-16/h2-5,10-11H,6-9,13H2,1H3. The zero-order chi connectivity index (χ0) is 19.2. The molecule has 0 N–H and O–H groups in total. The minimum absolute atomic E-state index is 0.144. The highest BCUT2D eigenvalue weighted by atomic mass is 16.5. The maximum Gasteiger partial charge on any atom is 0.289 e. The number of hydrogen-bond donors (Lipinski definition) is 0. The molecule has 2 amide bonds. The maximum atomic E-state index is 12.4. The Morgan fingerprint density at radius 1 is 1.15 bits per heavy atom. The molecule has 0 atom stereocenters. The molecule has 3 rings (SSSR count). The molecule has 0 unspecified atom stereocenters. The van der Waals surface area contributed by atoms with Crippen molar-refractivity contribution >= 4 is 11.8 Å². The lowest BCUT2D eigenvalue weighted by molar-refractivity contribution is -0.134. The lowest BCUT2D eigenvalue weighted by Gasteiger charge is -2.34. The minimum atomic E-state index is -0.175. The number of methoxy groups -OCH3 is 1. The van der Waals surface area contributed by atoms with Gasteiger partial charge in [0.1, 0.15) is 0 Å². The molecule has 8 heteroatoms. The quantitative estimate of drug-likeness (QED) is 0.793. The van der Waals surface area contributed by atoms with E-state index in [1.807, 2.05) is 6.07 Å². The van der Waals surface area contributed by atoms with Crippen molar-refractivity contribution in [1.29, 1.82) is 5.26 Å². The van der Waals surface area contributed by atoms with E-state index in [1.54, 1.807) is 40.1 Å². The number of benzene rings is 1. The average molecular weight is 369 g/mol.